The van der Waals surface area contributed by atoms with Crippen molar-refractivity contribution in [2.24, 2.45) is 0 Å². The van der Waals surface area contributed by atoms with E-state index in [0.717, 1.165) is 19.3 Å². The molecule has 2 atom stereocenters. The molecule has 11 heavy (non-hydrogen) atoms. The normalized spacial score (nSPS) is 39.0. The van der Waals surface area contributed by atoms with Crippen LogP contribution in [-0.2, 0) is 9.47 Å². The zero-order valence-electron chi connectivity index (χ0n) is 7.67. The molecule has 1 aliphatic rings. The Hall–Kier alpha value is -0.0800. The monoisotopic (exact) mass is 158 g/mol. The van der Waals surface area contributed by atoms with Gasteiger partial charge < -0.3 is 9.47 Å². The van der Waals surface area contributed by atoms with Gasteiger partial charge in [-0.25, -0.2) is 0 Å². The first-order chi connectivity index (χ1) is 5.26. The van der Waals surface area contributed by atoms with Gasteiger partial charge in [0.1, 0.15) is 0 Å². The molecule has 0 aliphatic carbocycles. The van der Waals surface area contributed by atoms with Crippen LogP contribution in [0.3, 0.4) is 0 Å². The Kier molecular flexibility index (Phi) is 3.34. The maximum absolute atomic E-state index is 5.55. The van der Waals surface area contributed by atoms with Crippen molar-refractivity contribution in [3.8, 4) is 0 Å². The Morgan fingerprint density at radius 3 is 1.91 bits per heavy atom. The van der Waals surface area contributed by atoms with E-state index in [4.69, 9.17) is 9.47 Å². The molecule has 0 N–H and O–H groups in total. The van der Waals surface area contributed by atoms with Gasteiger partial charge in [-0.1, -0.05) is 13.8 Å². The summed E-state index contributed by atoms with van der Waals surface area (Å²) in [6, 6.07) is 0. The third-order valence-corrected chi connectivity index (χ3v) is 2.20. The predicted octanol–water partition coefficient (Wildman–Crippen LogP) is 2.33. The maximum atomic E-state index is 5.55. The highest BCUT2D eigenvalue weighted by Gasteiger charge is 2.24. The van der Waals surface area contributed by atoms with Crippen molar-refractivity contribution in [1.29, 1.82) is 0 Å². The molecule has 0 spiro atoms. The Morgan fingerprint density at radius 2 is 1.55 bits per heavy atom. The van der Waals surface area contributed by atoms with E-state index in [1.54, 1.807) is 0 Å². The first-order valence-corrected chi connectivity index (χ1v) is 4.57. The molecule has 66 valence electrons. The second-order valence-corrected chi connectivity index (χ2v) is 3.14. The van der Waals surface area contributed by atoms with E-state index >= 15 is 0 Å². The standard InChI is InChI=1S/C9H18O2/c1-4-8-6-9(5-2)11-7(3)10-8/h7-9H,4-6H2,1-3H3. The quantitative estimate of drug-likeness (QED) is 0.614. The highest BCUT2D eigenvalue weighted by molar-refractivity contribution is 4.68. The SMILES string of the molecule is CCC1CC(CC)OC(C)O1. The second kappa shape index (κ2) is 4.07. The van der Waals surface area contributed by atoms with Crippen LogP contribution in [0.1, 0.15) is 40.0 Å². The molecule has 0 radical (unpaired) electrons. The smallest absolute Gasteiger partial charge is 0.155 e. The lowest BCUT2D eigenvalue weighted by atomic mass is 10.1. The van der Waals surface area contributed by atoms with Gasteiger partial charge in [0.05, 0.1) is 12.2 Å². The molecule has 0 amide bonds. The van der Waals surface area contributed by atoms with Gasteiger partial charge >= 0.3 is 0 Å². The van der Waals surface area contributed by atoms with E-state index in [1.165, 1.54) is 0 Å². The number of rotatable bonds is 2. The molecule has 0 saturated carbocycles. The number of hydrogen-bond acceptors (Lipinski definition) is 2. The largest absolute Gasteiger partial charge is 0.350 e. The molecule has 0 aromatic rings. The molecule has 1 heterocycles. The molecule has 1 fully saturated rings. The van der Waals surface area contributed by atoms with Crippen LogP contribution in [-0.4, -0.2) is 18.5 Å². The van der Waals surface area contributed by atoms with E-state index in [-0.39, 0.29) is 6.29 Å². The Morgan fingerprint density at radius 1 is 1.09 bits per heavy atom. The molecular weight excluding hydrogens is 140 g/mol. The highest BCUT2D eigenvalue weighted by Crippen LogP contribution is 2.21. The minimum atomic E-state index is -0.00125. The Bertz CT molecular complexity index is 102. The minimum absolute atomic E-state index is 0.00125. The fourth-order valence-corrected chi connectivity index (χ4v) is 1.50. The Balaban J connectivity index is 2.37. The van der Waals surface area contributed by atoms with Crippen molar-refractivity contribution in [2.75, 3.05) is 0 Å². The lowest BCUT2D eigenvalue weighted by Gasteiger charge is -2.33. The molecule has 2 unspecified atom stereocenters. The van der Waals surface area contributed by atoms with Crippen molar-refractivity contribution < 1.29 is 9.47 Å². The molecule has 1 saturated heterocycles. The molecule has 2 heteroatoms. The van der Waals surface area contributed by atoms with Gasteiger partial charge in [0, 0.05) is 0 Å². The van der Waals surface area contributed by atoms with Crippen LogP contribution in [0.5, 0.6) is 0 Å². The third-order valence-electron chi connectivity index (χ3n) is 2.20. The van der Waals surface area contributed by atoms with Crippen LogP contribution in [0.2, 0.25) is 0 Å². The molecule has 0 aromatic heterocycles. The van der Waals surface area contributed by atoms with Gasteiger partial charge in [0.15, 0.2) is 6.29 Å². The summed E-state index contributed by atoms with van der Waals surface area (Å²) >= 11 is 0. The van der Waals surface area contributed by atoms with Crippen LogP contribution in [0.15, 0.2) is 0 Å². The molecule has 0 aromatic carbocycles. The van der Waals surface area contributed by atoms with Gasteiger partial charge in [0.25, 0.3) is 0 Å². The highest BCUT2D eigenvalue weighted by atomic mass is 16.7. The van der Waals surface area contributed by atoms with Crippen molar-refractivity contribution in [1.82, 2.24) is 0 Å². The van der Waals surface area contributed by atoms with Gasteiger partial charge in [0.2, 0.25) is 0 Å². The van der Waals surface area contributed by atoms with Crippen molar-refractivity contribution in [3.63, 3.8) is 0 Å². The maximum Gasteiger partial charge on any atom is 0.155 e. The number of ether oxygens (including phenoxy) is 2. The summed E-state index contributed by atoms with van der Waals surface area (Å²) < 4.78 is 11.1. The summed E-state index contributed by atoms with van der Waals surface area (Å²) in [7, 11) is 0. The summed E-state index contributed by atoms with van der Waals surface area (Å²) in [4.78, 5) is 0. The summed E-state index contributed by atoms with van der Waals surface area (Å²) in [5.41, 5.74) is 0. The first kappa shape index (κ1) is 9.01. The fraction of sp³-hybridized carbons (Fsp3) is 1.00. The van der Waals surface area contributed by atoms with Gasteiger partial charge in [-0.05, 0) is 26.2 Å². The molecular formula is C9H18O2. The first-order valence-electron chi connectivity index (χ1n) is 4.57. The average Bonchev–Trinajstić information content (AvgIpc) is 2.03. The van der Waals surface area contributed by atoms with Crippen LogP contribution in [0.25, 0.3) is 0 Å². The lowest BCUT2D eigenvalue weighted by molar-refractivity contribution is -0.234. The zero-order valence-corrected chi connectivity index (χ0v) is 7.67. The number of hydrogen-bond donors (Lipinski definition) is 0. The van der Waals surface area contributed by atoms with Gasteiger partial charge in [-0.15, -0.1) is 0 Å². The van der Waals surface area contributed by atoms with E-state index in [2.05, 4.69) is 13.8 Å². The van der Waals surface area contributed by atoms with Gasteiger partial charge in [-0.2, -0.15) is 0 Å². The van der Waals surface area contributed by atoms with Crippen molar-refractivity contribution in [2.45, 2.75) is 58.5 Å². The van der Waals surface area contributed by atoms with Crippen molar-refractivity contribution in [3.05, 3.63) is 0 Å². The predicted molar refractivity (Wildman–Crippen MR) is 44.4 cm³/mol. The van der Waals surface area contributed by atoms with E-state index < -0.39 is 0 Å². The molecule has 0 bridgehead atoms. The summed E-state index contributed by atoms with van der Waals surface area (Å²) in [6.07, 6.45) is 4.11. The van der Waals surface area contributed by atoms with E-state index in [1.807, 2.05) is 6.92 Å². The second-order valence-electron chi connectivity index (χ2n) is 3.14. The Labute approximate surface area is 68.9 Å². The van der Waals surface area contributed by atoms with Crippen LogP contribution in [0.4, 0.5) is 0 Å². The van der Waals surface area contributed by atoms with E-state index in [0.29, 0.717) is 12.2 Å². The average molecular weight is 158 g/mol. The topological polar surface area (TPSA) is 18.5 Å². The third kappa shape index (κ3) is 2.46. The van der Waals surface area contributed by atoms with Crippen molar-refractivity contribution >= 4 is 0 Å². The van der Waals surface area contributed by atoms with Crippen LogP contribution < -0.4 is 0 Å². The van der Waals surface area contributed by atoms with Crippen LogP contribution in [0, 0.1) is 0 Å². The van der Waals surface area contributed by atoms with Gasteiger partial charge in [-0.3, -0.25) is 0 Å². The van der Waals surface area contributed by atoms with E-state index in [9.17, 15) is 0 Å². The zero-order chi connectivity index (χ0) is 8.27. The molecule has 1 rings (SSSR count). The minimum Gasteiger partial charge on any atom is -0.350 e. The van der Waals surface area contributed by atoms with Crippen LogP contribution >= 0.6 is 0 Å². The summed E-state index contributed by atoms with van der Waals surface area (Å²) in [5.74, 6) is 0. The summed E-state index contributed by atoms with van der Waals surface area (Å²) in [5, 5.41) is 0. The molecule has 1 aliphatic heterocycles. The molecule has 2 nitrogen and oxygen atoms in total. The lowest BCUT2D eigenvalue weighted by Crippen LogP contribution is -2.35. The summed E-state index contributed by atoms with van der Waals surface area (Å²) in [6.45, 7) is 6.30. The fourth-order valence-electron chi connectivity index (χ4n) is 1.50.